The van der Waals surface area contributed by atoms with E-state index in [9.17, 15) is 10.1 Å². The van der Waals surface area contributed by atoms with Crippen LogP contribution in [0.25, 0.3) is 5.57 Å². The van der Waals surface area contributed by atoms with Crippen LogP contribution in [-0.2, 0) is 11.3 Å². The van der Waals surface area contributed by atoms with Gasteiger partial charge in [0.2, 0.25) is 5.91 Å². The molecule has 6 nitrogen and oxygen atoms in total. The third kappa shape index (κ3) is 5.96. The molecule has 2 fully saturated rings. The van der Waals surface area contributed by atoms with Gasteiger partial charge >= 0.3 is 0 Å². The minimum Gasteiger partial charge on any atom is -0.338 e. The van der Waals surface area contributed by atoms with Gasteiger partial charge in [-0.25, -0.2) is 0 Å². The second-order valence-electron chi connectivity index (χ2n) is 10.2. The summed E-state index contributed by atoms with van der Waals surface area (Å²) in [5.74, 6) is 0.188. The smallest absolute Gasteiger partial charge is 0.249 e. The van der Waals surface area contributed by atoms with E-state index in [1.165, 1.54) is 17.6 Å². The summed E-state index contributed by atoms with van der Waals surface area (Å²) in [6.45, 7) is 11.0. The number of hydrogen-bond donors (Lipinski definition) is 0. The topological polar surface area (TPSA) is 53.8 Å². The van der Waals surface area contributed by atoms with Gasteiger partial charge in [0.25, 0.3) is 0 Å². The van der Waals surface area contributed by atoms with E-state index in [1.807, 2.05) is 4.90 Å². The van der Waals surface area contributed by atoms with Crippen LogP contribution >= 0.6 is 0 Å². The molecule has 182 valence electrons. The lowest BCUT2D eigenvalue weighted by atomic mass is 9.86. The molecule has 0 unspecified atom stereocenters. The Morgan fingerprint density at radius 1 is 0.941 bits per heavy atom. The normalized spacial score (nSPS) is 21.6. The van der Waals surface area contributed by atoms with Gasteiger partial charge in [0, 0.05) is 44.8 Å². The molecule has 0 spiro atoms. The maximum atomic E-state index is 13.2. The third-order valence-corrected chi connectivity index (χ3v) is 7.54. The van der Waals surface area contributed by atoms with E-state index < -0.39 is 0 Å². The van der Waals surface area contributed by atoms with E-state index in [-0.39, 0.29) is 5.91 Å². The predicted octanol–water partition coefficient (Wildman–Crippen LogP) is 3.35. The van der Waals surface area contributed by atoms with Crippen LogP contribution in [0.15, 0.2) is 35.4 Å². The Bertz CT molecular complexity index is 1000. The van der Waals surface area contributed by atoms with Gasteiger partial charge in [-0.1, -0.05) is 18.2 Å². The van der Waals surface area contributed by atoms with Crippen LogP contribution in [0, 0.1) is 11.3 Å². The van der Waals surface area contributed by atoms with Gasteiger partial charge in [-0.05, 0) is 94.7 Å². The molecule has 0 saturated carbocycles. The molecule has 1 amide bonds. The van der Waals surface area contributed by atoms with Gasteiger partial charge < -0.3 is 14.7 Å². The largest absolute Gasteiger partial charge is 0.338 e. The highest BCUT2D eigenvalue weighted by Gasteiger charge is 2.24. The highest BCUT2D eigenvalue weighted by Crippen LogP contribution is 2.34. The van der Waals surface area contributed by atoms with Crippen molar-refractivity contribution in [3.63, 3.8) is 0 Å². The molecule has 2 aliphatic heterocycles. The lowest BCUT2D eigenvalue weighted by molar-refractivity contribution is -0.127. The molecule has 2 saturated heterocycles. The lowest BCUT2D eigenvalue weighted by Crippen LogP contribution is -2.35. The summed E-state index contributed by atoms with van der Waals surface area (Å²) >= 11 is 0. The molecule has 3 aliphatic rings. The number of amides is 1. The fourth-order valence-corrected chi connectivity index (χ4v) is 5.41. The molecular formula is C28H39N5O. The summed E-state index contributed by atoms with van der Waals surface area (Å²) in [6.07, 6.45) is 5.84. The van der Waals surface area contributed by atoms with Crippen LogP contribution in [0.5, 0.6) is 0 Å². The molecule has 2 heterocycles. The number of nitrogens with zero attached hydrogens (tertiary/aromatic N) is 5. The molecular weight excluding hydrogens is 422 g/mol. The van der Waals surface area contributed by atoms with Crippen LogP contribution in [-0.4, -0.2) is 92.0 Å². The maximum absolute atomic E-state index is 13.2. The maximum Gasteiger partial charge on any atom is 0.249 e. The Morgan fingerprint density at radius 3 is 2.41 bits per heavy atom. The van der Waals surface area contributed by atoms with Crippen LogP contribution in [0.2, 0.25) is 0 Å². The van der Waals surface area contributed by atoms with Crippen molar-refractivity contribution >= 4 is 11.5 Å². The first-order valence-electron chi connectivity index (χ1n) is 12.8. The number of nitriles is 1. The van der Waals surface area contributed by atoms with Crippen molar-refractivity contribution in [3.05, 3.63) is 52.1 Å². The molecule has 34 heavy (non-hydrogen) atoms. The number of allylic oxidation sites excluding steroid dienone is 3. The van der Waals surface area contributed by atoms with Gasteiger partial charge in [-0.3, -0.25) is 9.69 Å². The summed E-state index contributed by atoms with van der Waals surface area (Å²) in [5.41, 5.74) is 6.20. The first-order valence-corrected chi connectivity index (χ1v) is 12.8. The van der Waals surface area contributed by atoms with Crippen molar-refractivity contribution in [1.29, 1.82) is 5.26 Å². The van der Waals surface area contributed by atoms with Gasteiger partial charge in [0.05, 0.1) is 11.6 Å². The van der Waals surface area contributed by atoms with Crippen molar-refractivity contribution in [2.24, 2.45) is 0 Å². The first kappa shape index (κ1) is 24.7. The Balaban J connectivity index is 1.49. The van der Waals surface area contributed by atoms with E-state index in [4.69, 9.17) is 0 Å². The van der Waals surface area contributed by atoms with Crippen LogP contribution in [0.3, 0.4) is 0 Å². The molecule has 0 aromatic heterocycles. The highest BCUT2D eigenvalue weighted by molar-refractivity contribution is 5.96. The van der Waals surface area contributed by atoms with E-state index in [2.05, 4.69) is 66.1 Å². The Hall–Kier alpha value is -2.46. The molecule has 1 aromatic rings. The standard InChI is InChI=1S/C28H39N5O/c1-22-18-24(28(34)33-13-5-11-31(3)15-17-33)7-9-26(22)27-8-6-23(19-25(27)20-29)21-32-12-4-10-30(2)14-16-32/h6,8,18-19H,4-5,7,9-17,21H2,1-3H3. The van der Waals surface area contributed by atoms with Crippen LogP contribution in [0.1, 0.15) is 49.3 Å². The molecule has 0 radical (unpaired) electrons. The summed E-state index contributed by atoms with van der Waals surface area (Å²) in [4.78, 5) is 22.4. The first-order chi connectivity index (χ1) is 16.4. The van der Waals surface area contributed by atoms with Crippen LogP contribution in [0.4, 0.5) is 0 Å². The number of carbonyl (C=O) groups excluding carboxylic acids is 1. The fourth-order valence-electron chi connectivity index (χ4n) is 5.41. The van der Waals surface area contributed by atoms with E-state index >= 15 is 0 Å². The van der Waals surface area contributed by atoms with Crippen molar-refractivity contribution in [2.75, 3.05) is 66.5 Å². The summed E-state index contributed by atoms with van der Waals surface area (Å²) in [6, 6.07) is 8.83. The van der Waals surface area contributed by atoms with Gasteiger partial charge in [-0.2, -0.15) is 5.26 Å². The number of rotatable bonds is 4. The zero-order valence-corrected chi connectivity index (χ0v) is 21.1. The Morgan fingerprint density at radius 2 is 1.68 bits per heavy atom. The quantitative estimate of drug-likeness (QED) is 0.688. The summed E-state index contributed by atoms with van der Waals surface area (Å²) in [5, 5.41) is 9.93. The fraction of sp³-hybridized carbons (Fsp3) is 0.571. The van der Waals surface area contributed by atoms with Crippen molar-refractivity contribution in [2.45, 2.75) is 39.2 Å². The van der Waals surface area contributed by atoms with E-state index in [0.717, 1.165) is 100 Å². The number of carbonyl (C=O) groups is 1. The zero-order valence-electron chi connectivity index (χ0n) is 21.1. The summed E-state index contributed by atoms with van der Waals surface area (Å²) < 4.78 is 0. The number of hydrogen-bond acceptors (Lipinski definition) is 5. The van der Waals surface area contributed by atoms with Crippen molar-refractivity contribution < 1.29 is 4.79 Å². The Labute approximate surface area is 205 Å². The summed E-state index contributed by atoms with van der Waals surface area (Å²) in [7, 11) is 4.31. The van der Waals surface area contributed by atoms with Crippen molar-refractivity contribution in [3.8, 4) is 6.07 Å². The SMILES string of the molecule is CC1=C(c2ccc(CN3CCCN(C)CC3)cc2C#N)CCC(C(=O)N2CCCN(C)CC2)=C1. The second-order valence-corrected chi connectivity index (χ2v) is 10.2. The molecule has 1 aromatic carbocycles. The van der Waals surface area contributed by atoms with Gasteiger partial charge in [-0.15, -0.1) is 0 Å². The average Bonchev–Trinajstić information content (AvgIpc) is 3.18. The zero-order chi connectivity index (χ0) is 24.1. The highest BCUT2D eigenvalue weighted by atomic mass is 16.2. The molecule has 1 aliphatic carbocycles. The number of likely N-dealkylation sites (N-methyl/N-ethyl adjacent to an activating group) is 2. The second kappa shape index (κ2) is 11.3. The predicted molar refractivity (Wildman–Crippen MR) is 137 cm³/mol. The van der Waals surface area contributed by atoms with Crippen molar-refractivity contribution in [1.82, 2.24) is 19.6 Å². The Kier molecular flexibility index (Phi) is 8.20. The molecule has 4 rings (SSSR count). The average molecular weight is 462 g/mol. The minimum atomic E-state index is 0.188. The minimum absolute atomic E-state index is 0.188. The monoisotopic (exact) mass is 461 g/mol. The number of benzene rings is 1. The molecule has 0 N–H and O–H groups in total. The van der Waals surface area contributed by atoms with E-state index in [1.54, 1.807) is 0 Å². The van der Waals surface area contributed by atoms with E-state index in [0.29, 0.717) is 0 Å². The van der Waals surface area contributed by atoms with Gasteiger partial charge in [0.1, 0.15) is 0 Å². The molecule has 6 heteroatoms. The molecule has 0 bridgehead atoms. The molecule has 0 atom stereocenters. The lowest BCUT2D eigenvalue weighted by Gasteiger charge is -2.25. The van der Waals surface area contributed by atoms with Crippen LogP contribution < -0.4 is 0 Å². The van der Waals surface area contributed by atoms with Gasteiger partial charge in [0.15, 0.2) is 0 Å². The third-order valence-electron chi connectivity index (χ3n) is 7.54.